The van der Waals surface area contributed by atoms with Gasteiger partial charge in [-0.1, -0.05) is 13.8 Å². The molecule has 2 N–H and O–H groups in total. The van der Waals surface area contributed by atoms with Crippen molar-refractivity contribution in [2.75, 3.05) is 32.7 Å². The summed E-state index contributed by atoms with van der Waals surface area (Å²) in [6.07, 6.45) is 2.08. The van der Waals surface area contributed by atoms with E-state index < -0.39 is 0 Å². The van der Waals surface area contributed by atoms with Gasteiger partial charge in [0, 0.05) is 19.6 Å². The zero-order valence-corrected chi connectivity index (χ0v) is 9.50. The number of aliphatic hydroxyl groups excluding tert-OH is 1. The fourth-order valence-electron chi connectivity index (χ4n) is 2.01. The van der Waals surface area contributed by atoms with Crippen LogP contribution in [0, 0.1) is 5.92 Å². The number of hydrogen-bond donors (Lipinski definition) is 2. The van der Waals surface area contributed by atoms with Crippen molar-refractivity contribution < 1.29 is 5.11 Å². The van der Waals surface area contributed by atoms with Crippen molar-refractivity contribution in [2.45, 2.75) is 32.8 Å². The van der Waals surface area contributed by atoms with Gasteiger partial charge in [-0.2, -0.15) is 0 Å². The van der Waals surface area contributed by atoms with Crippen LogP contribution in [0.4, 0.5) is 0 Å². The van der Waals surface area contributed by atoms with Gasteiger partial charge in [-0.25, -0.2) is 0 Å². The molecule has 1 fully saturated rings. The molecule has 0 spiro atoms. The zero-order chi connectivity index (χ0) is 10.4. The molecule has 0 radical (unpaired) electrons. The first kappa shape index (κ1) is 12.0. The third kappa shape index (κ3) is 4.40. The first-order chi connectivity index (χ1) is 6.72. The quantitative estimate of drug-likeness (QED) is 0.619. The molecule has 1 aliphatic rings. The maximum absolute atomic E-state index is 9.37. The van der Waals surface area contributed by atoms with Crippen LogP contribution < -0.4 is 5.32 Å². The van der Waals surface area contributed by atoms with Crippen LogP contribution in [0.25, 0.3) is 0 Å². The number of likely N-dealkylation sites (tertiary alicyclic amines) is 1. The van der Waals surface area contributed by atoms with Gasteiger partial charge >= 0.3 is 0 Å². The van der Waals surface area contributed by atoms with Crippen LogP contribution in [0.5, 0.6) is 0 Å². The van der Waals surface area contributed by atoms with E-state index in [-0.39, 0.29) is 6.10 Å². The Labute approximate surface area is 87.5 Å². The van der Waals surface area contributed by atoms with Crippen LogP contribution >= 0.6 is 0 Å². The monoisotopic (exact) mass is 200 g/mol. The Bertz CT molecular complexity index is 152. The molecule has 3 nitrogen and oxygen atoms in total. The summed E-state index contributed by atoms with van der Waals surface area (Å²) in [7, 11) is 0. The molecule has 84 valence electrons. The lowest BCUT2D eigenvalue weighted by Gasteiger charge is -2.20. The number of nitrogens with zero attached hydrogens (tertiary/aromatic N) is 1. The molecule has 0 aromatic heterocycles. The summed E-state index contributed by atoms with van der Waals surface area (Å²) in [5.41, 5.74) is 0. The summed E-state index contributed by atoms with van der Waals surface area (Å²) in [5.74, 6) is 0.687. The van der Waals surface area contributed by atoms with E-state index in [1.165, 1.54) is 6.42 Å². The Morgan fingerprint density at radius 1 is 1.57 bits per heavy atom. The molecule has 0 aromatic carbocycles. The third-order valence-electron chi connectivity index (χ3n) is 2.74. The van der Waals surface area contributed by atoms with Gasteiger partial charge in [0.15, 0.2) is 0 Å². The molecule has 14 heavy (non-hydrogen) atoms. The minimum absolute atomic E-state index is 0.0780. The van der Waals surface area contributed by atoms with Crippen LogP contribution in [0.1, 0.15) is 26.7 Å². The molecule has 0 bridgehead atoms. The fraction of sp³-hybridized carbons (Fsp3) is 1.00. The van der Waals surface area contributed by atoms with Gasteiger partial charge in [-0.3, -0.25) is 0 Å². The molecule has 1 saturated heterocycles. The van der Waals surface area contributed by atoms with Crippen LogP contribution in [0.15, 0.2) is 0 Å². The van der Waals surface area contributed by atoms with Crippen molar-refractivity contribution in [3.8, 4) is 0 Å². The third-order valence-corrected chi connectivity index (χ3v) is 2.74. The van der Waals surface area contributed by atoms with Crippen LogP contribution in [-0.4, -0.2) is 48.8 Å². The molecule has 1 heterocycles. The second-order valence-electron chi connectivity index (χ2n) is 4.51. The van der Waals surface area contributed by atoms with Crippen molar-refractivity contribution >= 4 is 0 Å². The zero-order valence-electron chi connectivity index (χ0n) is 9.50. The average Bonchev–Trinajstić information content (AvgIpc) is 2.52. The van der Waals surface area contributed by atoms with Gasteiger partial charge in [0.2, 0.25) is 0 Å². The number of hydrogen-bond acceptors (Lipinski definition) is 3. The largest absolute Gasteiger partial charge is 0.392 e. The standard InChI is InChI=1S/C11H24N2O/c1-3-5-12-7-10(2)8-13-6-4-11(14)9-13/h10-12,14H,3-9H2,1-2H3. The molecular weight excluding hydrogens is 176 g/mol. The fourth-order valence-corrected chi connectivity index (χ4v) is 2.01. The van der Waals surface area contributed by atoms with E-state index in [2.05, 4.69) is 24.1 Å². The van der Waals surface area contributed by atoms with E-state index in [0.717, 1.165) is 39.1 Å². The minimum atomic E-state index is -0.0780. The molecule has 1 rings (SSSR count). The van der Waals surface area contributed by atoms with Gasteiger partial charge in [-0.05, 0) is 31.8 Å². The molecule has 2 atom stereocenters. The smallest absolute Gasteiger partial charge is 0.0679 e. The predicted octanol–water partition coefficient (Wildman–Crippen LogP) is 0.689. The lowest BCUT2D eigenvalue weighted by Crippen LogP contribution is -2.32. The topological polar surface area (TPSA) is 35.5 Å². The SMILES string of the molecule is CCCNCC(C)CN1CCC(O)C1. The molecule has 0 amide bonds. The van der Waals surface area contributed by atoms with Gasteiger partial charge in [0.25, 0.3) is 0 Å². The van der Waals surface area contributed by atoms with Gasteiger partial charge < -0.3 is 15.3 Å². The summed E-state index contributed by atoms with van der Waals surface area (Å²) in [4.78, 5) is 2.36. The van der Waals surface area contributed by atoms with Crippen LogP contribution in [0.2, 0.25) is 0 Å². The molecule has 1 aliphatic heterocycles. The molecule has 3 heteroatoms. The van der Waals surface area contributed by atoms with Crippen LogP contribution in [0.3, 0.4) is 0 Å². The summed E-state index contributed by atoms with van der Waals surface area (Å²) >= 11 is 0. The second-order valence-corrected chi connectivity index (χ2v) is 4.51. The Balaban J connectivity index is 2.05. The first-order valence-corrected chi connectivity index (χ1v) is 5.83. The summed E-state index contributed by atoms with van der Waals surface area (Å²) in [6, 6.07) is 0. The maximum atomic E-state index is 9.37. The summed E-state index contributed by atoms with van der Waals surface area (Å²) < 4.78 is 0. The van der Waals surface area contributed by atoms with E-state index >= 15 is 0 Å². The number of aliphatic hydroxyl groups is 1. The first-order valence-electron chi connectivity index (χ1n) is 5.83. The molecular formula is C11H24N2O. The molecule has 0 aliphatic carbocycles. The number of β-amino-alcohol motifs (C(OH)–C–C–N with tert-alkyl or cyclic N) is 1. The highest BCUT2D eigenvalue weighted by Crippen LogP contribution is 2.10. The van der Waals surface area contributed by atoms with E-state index in [4.69, 9.17) is 0 Å². The van der Waals surface area contributed by atoms with E-state index in [1.54, 1.807) is 0 Å². The van der Waals surface area contributed by atoms with Gasteiger partial charge in [-0.15, -0.1) is 0 Å². The Kier molecular flexibility index (Phi) is 5.45. The molecule has 0 saturated carbocycles. The lowest BCUT2D eigenvalue weighted by molar-refractivity contribution is 0.171. The Morgan fingerprint density at radius 2 is 2.36 bits per heavy atom. The van der Waals surface area contributed by atoms with Gasteiger partial charge in [0.05, 0.1) is 6.10 Å². The molecule has 2 unspecified atom stereocenters. The summed E-state index contributed by atoms with van der Waals surface area (Å²) in [5, 5.41) is 12.8. The summed E-state index contributed by atoms with van der Waals surface area (Å²) in [6.45, 7) is 9.74. The maximum Gasteiger partial charge on any atom is 0.0679 e. The highest BCUT2D eigenvalue weighted by atomic mass is 16.3. The highest BCUT2D eigenvalue weighted by molar-refractivity contribution is 4.76. The highest BCUT2D eigenvalue weighted by Gasteiger charge is 2.20. The Morgan fingerprint density at radius 3 is 2.93 bits per heavy atom. The van der Waals surface area contributed by atoms with Crippen LogP contribution in [-0.2, 0) is 0 Å². The van der Waals surface area contributed by atoms with Crippen molar-refractivity contribution in [2.24, 2.45) is 5.92 Å². The minimum Gasteiger partial charge on any atom is -0.392 e. The van der Waals surface area contributed by atoms with E-state index in [0.29, 0.717) is 5.92 Å². The van der Waals surface area contributed by atoms with E-state index in [9.17, 15) is 5.11 Å². The number of rotatable bonds is 6. The number of nitrogens with one attached hydrogen (secondary N) is 1. The lowest BCUT2D eigenvalue weighted by atomic mass is 10.1. The van der Waals surface area contributed by atoms with Crippen molar-refractivity contribution in [1.82, 2.24) is 10.2 Å². The van der Waals surface area contributed by atoms with Crippen molar-refractivity contribution in [3.05, 3.63) is 0 Å². The average molecular weight is 200 g/mol. The van der Waals surface area contributed by atoms with Crippen molar-refractivity contribution in [1.29, 1.82) is 0 Å². The van der Waals surface area contributed by atoms with E-state index in [1.807, 2.05) is 0 Å². The second kappa shape index (κ2) is 6.38. The van der Waals surface area contributed by atoms with Crippen molar-refractivity contribution in [3.63, 3.8) is 0 Å². The molecule has 0 aromatic rings. The predicted molar refractivity (Wildman–Crippen MR) is 59.4 cm³/mol. The normalized spacial score (nSPS) is 25.5. The Hall–Kier alpha value is -0.120. The van der Waals surface area contributed by atoms with Gasteiger partial charge in [0.1, 0.15) is 0 Å².